The SMILES string of the molecule is COC(=O)CNCC(=O)Nc1cccs1. The van der Waals surface area contributed by atoms with Crippen molar-refractivity contribution in [2.45, 2.75) is 0 Å². The number of rotatable bonds is 5. The van der Waals surface area contributed by atoms with E-state index in [4.69, 9.17) is 0 Å². The van der Waals surface area contributed by atoms with Crippen molar-refractivity contribution in [3.8, 4) is 0 Å². The van der Waals surface area contributed by atoms with Gasteiger partial charge in [0.2, 0.25) is 5.91 Å². The zero-order chi connectivity index (χ0) is 11.1. The van der Waals surface area contributed by atoms with E-state index in [1.54, 1.807) is 0 Å². The lowest BCUT2D eigenvalue weighted by atomic mass is 10.5. The Hall–Kier alpha value is -1.40. The molecule has 0 aromatic carbocycles. The van der Waals surface area contributed by atoms with Crippen LogP contribution in [0.1, 0.15) is 0 Å². The Morgan fingerprint density at radius 3 is 2.87 bits per heavy atom. The number of amides is 1. The molecule has 0 saturated heterocycles. The van der Waals surface area contributed by atoms with Gasteiger partial charge in [-0.1, -0.05) is 0 Å². The Bertz CT molecular complexity index is 324. The number of esters is 1. The van der Waals surface area contributed by atoms with E-state index in [1.807, 2.05) is 17.5 Å². The van der Waals surface area contributed by atoms with Crippen LogP contribution in [0.4, 0.5) is 5.00 Å². The second-order valence-electron chi connectivity index (χ2n) is 2.71. The van der Waals surface area contributed by atoms with Crippen molar-refractivity contribution in [1.29, 1.82) is 0 Å². The largest absolute Gasteiger partial charge is 0.468 e. The minimum atomic E-state index is -0.390. The topological polar surface area (TPSA) is 67.4 Å². The molecular formula is C9H12N2O3S. The van der Waals surface area contributed by atoms with Gasteiger partial charge in [-0.05, 0) is 17.5 Å². The molecule has 1 amide bonds. The predicted octanol–water partition coefficient (Wildman–Crippen LogP) is 0.449. The predicted molar refractivity (Wildman–Crippen MR) is 57.8 cm³/mol. The molecule has 0 unspecified atom stereocenters. The Balaban J connectivity index is 2.17. The second kappa shape index (κ2) is 6.15. The number of hydrogen-bond acceptors (Lipinski definition) is 5. The van der Waals surface area contributed by atoms with E-state index in [9.17, 15) is 9.59 Å². The van der Waals surface area contributed by atoms with Crippen LogP contribution in [0.25, 0.3) is 0 Å². The van der Waals surface area contributed by atoms with Crippen LogP contribution in [0.15, 0.2) is 17.5 Å². The van der Waals surface area contributed by atoms with Gasteiger partial charge in [0.25, 0.3) is 0 Å². The summed E-state index contributed by atoms with van der Waals surface area (Å²) in [6.45, 7) is 0.126. The molecule has 0 bridgehead atoms. The number of methoxy groups -OCH3 is 1. The minimum absolute atomic E-state index is 0.0361. The third-order valence-corrected chi connectivity index (χ3v) is 2.35. The van der Waals surface area contributed by atoms with E-state index in [2.05, 4.69) is 15.4 Å². The Labute approximate surface area is 91.4 Å². The van der Waals surface area contributed by atoms with Gasteiger partial charge in [-0.3, -0.25) is 14.9 Å². The van der Waals surface area contributed by atoms with Crippen molar-refractivity contribution in [3.63, 3.8) is 0 Å². The first-order chi connectivity index (χ1) is 7.22. The van der Waals surface area contributed by atoms with Gasteiger partial charge in [0.05, 0.1) is 25.2 Å². The van der Waals surface area contributed by atoms with Gasteiger partial charge >= 0.3 is 5.97 Å². The lowest BCUT2D eigenvalue weighted by Gasteiger charge is -2.03. The zero-order valence-corrected chi connectivity index (χ0v) is 9.10. The Kier molecular flexibility index (Phi) is 4.79. The maximum Gasteiger partial charge on any atom is 0.319 e. The maximum atomic E-state index is 11.3. The lowest BCUT2D eigenvalue weighted by Crippen LogP contribution is -2.32. The number of anilines is 1. The van der Waals surface area contributed by atoms with Gasteiger partial charge in [0.15, 0.2) is 0 Å². The van der Waals surface area contributed by atoms with E-state index in [0.29, 0.717) is 0 Å². The van der Waals surface area contributed by atoms with E-state index in [1.165, 1.54) is 18.4 Å². The van der Waals surface area contributed by atoms with Crippen LogP contribution < -0.4 is 10.6 Å². The monoisotopic (exact) mass is 228 g/mol. The highest BCUT2D eigenvalue weighted by Crippen LogP contribution is 2.14. The average molecular weight is 228 g/mol. The molecular weight excluding hydrogens is 216 g/mol. The second-order valence-corrected chi connectivity index (χ2v) is 3.65. The van der Waals surface area contributed by atoms with Gasteiger partial charge in [-0.25, -0.2) is 0 Å². The van der Waals surface area contributed by atoms with Crippen molar-refractivity contribution < 1.29 is 14.3 Å². The van der Waals surface area contributed by atoms with Gasteiger partial charge < -0.3 is 10.1 Å². The maximum absolute atomic E-state index is 11.3. The molecule has 0 atom stereocenters. The van der Waals surface area contributed by atoms with Crippen LogP contribution >= 0.6 is 11.3 Å². The molecule has 1 heterocycles. The summed E-state index contributed by atoms with van der Waals surface area (Å²) in [5, 5.41) is 8.01. The number of nitrogens with one attached hydrogen (secondary N) is 2. The third kappa shape index (κ3) is 4.57. The molecule has 15 heavy (non-hydrogen) atoms. The van der Waals surface area contributed by atoms with Crippen LogP contribution in [-0.2, 0) is 14.3 Å². The van der Waals surface area contributed by atoms with Crippen molar-refractivity contribution in [1.82, 2.24) is 5.32 Å². The molecule has 6 heteroatoms. The van der Waals surface area contributed by atoms with Crippen LogP contribution in [0.2, 0.25) is 0 Å². The molecule has 0 aliphatic carbocycles. The molecule has 0 aliphatic rings. The smallest absolute Gasteiger partial charge is 0.319 e. The fourth-order valence-corrected chi connectivity index (χ4v) is 1.52. The van der Waals surface area contributed by atoms with E-state index < -0.39 is 0 Å². The summed E-state index contributed by atoms with van der Waals surface area (Å²) in [7, 11) is 1.30. The Morgan fingerprint density at radius 1 is 1.47 bits per heavy atom. The fourth-order valence-electron chi connectivity index (χ4n) is 0.882. The van der Waals surface area contributed by atoms with Crippen molar-refractivity contribution >= 4 is 28.2 Å². The minimum Gasteiger partial charge on any atom is -0.468 e. The summed E-state index contributed by atoms with van der Waals surface area (Å²) in [5.41, 5.74) is 0. The van der Waals surface area contributed by atoms with E-state index in [0.717, 1.165) is 5.00 Å². The van der Waals surface area contributed by atoms with Crippen molar-refractivity contribution in [2.24, 2.45) is 0 Å². The van der Waals surface area contributed by atoms with Gasteiger partial charge in [-0.2, -0.15) is 0 Å². The van der Waals surface area contributed by atoms with Crippen LogP contribution in [0, 0.1) is 0 Å². The highest BCUT2D eigenvalue weighted by Gasteiger charge is 2.04. The summed E-state index contributed by atoms with van der Waals surface area (Å²) in [6.07, 6.45) is 0. The normalized spacial score (nSPS) is 9.67. The van der Waals surface area contributed by atoms with Crippen LogP contribution in [-0.4, -0.2) is 32.1 Å². The van der Waals surface area contributed by atoms with Gasteiger partial charge in [0, 0.05) is 0 Å². The molecule has 0 saturated carbocycles. The summed E-state index contributed by atoms with van der Waals surface area (Å²) in [6, 6.07) is 3.66. The molecule has 0 fully saturated rings. The quantitative estimate of drug-likeness (QED) is 0.718. The zero-order valence-electron chi connectivity index (χ0n) is 8.28. The first kappa shape index (κ1) is 11.7. The van der Waals surface area contributed by atoms with Gasteiger partial charge in [-0.15, -0.1) is 11.3 Å². The van der Waals surface area contributed by atoms with Crippen molar-refractivity contribution in [3.05, 3.63) is 17.5 Å². The molecule has 0 radical (unpaired) electrons. The van der Waals surface area contributed by atoms with Crippen molar-refractivity contribution in [2.75, 3.05) is 25.5 Å². The number of thiophene rings is 1. The third-order valence-electron chi connectivity index (χ3n) is 1.57. The molecule has 5 nitrogen and oxygen atoms in total. The van der Waals surface area contributed by atoms with E-state index >= 15 is 0 Å². The molecule has 1 aromatic heterocycles. The fraction of sp³-hybridized carbons (Fsp3) is 0.333. The summed E-state index contributed by atoms with van der Waals surface area (Å²) < 4.78 is 4.41. The lowest BCUT2D eigenvalue weighted by molar-refractivity contribution is -0.139. The number of hydrogen-bond donors (Lipinski definition) is 2. The molecule has 1 rings (SSSR count). The standard InChI is InChI=1S/C9H12N2O3S/c1-14-9(13)6-10-5-7(12)11-8-3-2-4-15-8/h2-4,10H,5-6H2,1H3,(H,11,12). The first-order valence-corrected chi connectivity index (χ1v) is 5.21. The molecule has 0 spiro atoms. The van der Waals surface area contributed by atoms with Crippen LogP contribution in [0.5, 0.6) is 0 Å². The molecule has 82 valence electrons. The first-order valence-electron chi connectivity index (χ1n) is 4.33. The van der Waals surface area contributed by atoms with Crippen LogP contribution in [0.3, 0.4) is 0 Å². The van der Waals surface area contributed by atoms with E-state index in [-0.39, 0.29) is 25.0 Å². The molecule has 2 N–H and O–H groups in total. The molecule has 1 aromatic rings. The number of carbonyl (C=O) groups is 2. The summed E-state index contributed by atoms with van der Waals surface area (Å²) >= 11 is 1.44. The highest BCUT2D eigenvalue weighted by atomic mass is 32.1. The Morgan fingerprint density at radius 2 is 2.27 bits per heavy atom. The average Bonchev–Trinajstić information content (AvgIpc) is 2.70. The summed E-state index contributed by atoms with van der Waals surface area (Å²) in [4.78, 5) is 22.0. The number of ether oxygens (including phenoxy) is 1. The molecule has 0 aliphatic heterocycles. The number of carbonyl (C=O) groups excluding carboxylic acids is 2. The summed E-state index contributed by atoms with van der Waals surface area (Å²) in [5.74, 6) is -0.569. The van der Waals surface area contributed by atoms with Gasteiger partial charge in [0.1, 0.15) is 0 Å². The highest BCUT2D eigenvalue weighted by molar-refractivity contribution is 7.14.